The number of aromatic nitrogens is 4. The summed E-state index contributed by atoms with van der Waals surface area (Å²) < 4.78 is 41.1. The molecule has 1 fully saturated rings. The lowest BCUT2D eigenvalue weighted by Crippen LogP contribution is -2.49. The number of anilines is 1. The lowest BCUT2D eigenvalue weighted by atomic mass is 10.2. The first-order valence-electron chi connectivity index (χ1n) is 10.1. The molecule has 0 atom stereocenters. The van der Waals surface area contributed by atoms with E-state index in [0.29, 0.717) is 44.2 Å². The van der Waals surface area contributed by atoms with Crippen LogP contribution in [0, 0.1) is 0 Å². The van der Waals surface area contributed by atoms with Crippen LogP contribution in [0.2, 0.25) is 0 Å². The standard InChI is InChI=1S/C20H19F2N7O4/c21-20(22)32-16-5-4-15(11-17(16)33-20)31-14-3-1-2-13(10-14)12-28-6-8-29(9-7-28)19(30)23-18-24-26-27-25-18/h1-5,10-11H,6-9,12H2,(H2,23,24,25,26,27,30). The van der Waals surface area contributed by atoms with Crippen molar-refractivity contribution in [3.05, 3.63) is 48.0 Å². The maximum atomic E-state index is 13.2. The van der Waals surface area contributed by atoms with Crippen LogP contribution in [0.4, 0.5) is 19.5 Å². The molecule has 11 nitrogen and oxygen atoms in total. The van der Waals surface area contributed by atoms with Crippen LogP contribution in [-0.4, -0.2) is 68.9 Å². The Balaban J connectivity index is 1.15. The van der Waals surface area contributed by atoms with E-state index in [9.17, 15) is 13.6 Å². The Hall–Kier alpha value is -4.00. The van der Waals surface area contributed by atoms with Gasteiger partial charge in [0.05, 0.1) is 0 Å². The Morgan fingerprint density at radius 2 is 1.88 bits per heavy atom. The molecule has 33 heavy (non-hydrogen) atoms. The number of carbonyl (C=O) groups is 1. The number of alkyl halides is 2. The van der Waals surface area contributed by atoms with Crippen molar-refractivity contribution in [2.24, 2.45) is 0 Å². The summed E-state index contributed by atoms with van der Waals surface area (Å²) in [6.07, 6.45) is -3.67. The number of rotatable bonds is 5. The molecule has 13 heteroatoms. The lowest BCUT2D eigenvalue weighted by Gasteiger charge is -2.34. The molecule has 0 aliphatic carbocycles. The maximum Gasteiger partial charge on any atom is 0.586 e. The van der Waals surface area contributed by atoms with E-state index < -0.39 is 6.29 Å². The molecule has 0 saturated carbocycles. The zero-order chi connectivity index (χ0) is 22.8. The van der Waals surface area contributed by atoms with E-state index in [2.05, 4.69) is 40.3 Å². The number of amides is 2. The highest BCUT2D eigenvalue weighted by molar-refractivity contribution is 5.87. The molecule has 5 rings (SSSR count). The molecule has 2 aliphatic rings. The number of H-pyrrole nitrogens is 1. The van der Waals surface area contributed by atoms with Crippen molar-refractivity contribution in [3.63, 3.8) is 0 Å². The number of fused-ring (bicyclic) bond motifs is 1. The molecule has 2 aromatic carbocycles. The molecule has 0 bridgehead atoms. The number of aromatic amines is 1. The number of nitrogens with one attached hydrogen (secondary N) is 2. The van der Waals surface area contributed by atoms with Gasteiger partial charge in [0, 0.05) is 38.8 Å². The number of tetrazole rings is 1. The van der Waals surface area contributed by atoms with Gasteiger partial charge in [-0.3, -0.25) is 10.2 Å². The fourth-order valence-corrected chi connectivity index (χ4v) is 3.59. The molecule has 3 aromatic rings. The Kier molecular flexibility index (Phi) is 5.38. The zero-order valence-corrected chi connectivity index (χ0v) is 17.2. The van der Waals surface area contributed by atoms with Crippen LogP contribution in [0.3, 0.4) is 0 Å². The van der Waals surface area contributed by atoms with E-state index in [1.165, 1.54) is 18.2 Å². The van der Waals surface area contributed by atoms with E-state index in [4.69, 9.17) is 4.74 Å². The van der Waals surface area contributed by atoms with Gasteiger partial charge in [0.2, 0.25) is 0 Å². The van der Waals surface area contributed by atoms with E-state index >= 15 is 0 Å². The SMILES string of the molecule is O=C(Nc1nn[nH]n1)N1CCN(Cc2cccc(Oc3ccc4c(c3)OC(F)(F)O4)c2)CC1. The molecule has 3 heterocycles. The van der Waals surface area contributed by atoms with Crippen molar-refractivity contribution >= 4 is 12.0 Å². The van der Waals surface area contributed by atoms with Gasteiger partial charge >= 0.3 is 12.3 Å². The van der Waals surface area contributed by atoms with Crippen LogP contribution in [0.1, 0.15) is 5.56 Å². The molecule has 0 unspecified atom stereocenters. The molecule has 0 spiro atoms. The smallest absolute Gasteiger partial charge is 0.457 e. The van der Waals surface area contributed by atoms with Crippen LogP contribution in [-0.2, 0) is 6.54 Å². The second-order valence-corrected chi connectivity index (χ2v) is 7.45. The molecule has 2 N–H and O–H groups in total. The molecule has 2 amide bonds. The van der Waals surface area contributed by atoms with Crippen molar-refractivity contribution in [2.75, 3.05) is 31.5 Å². The van der Waals surface area contributed by atoms with Gasteiger partial charge in [-0.2, -0.15) is 5.21 Å². The predicted octanol–water partition coefficient (Wildman–Crippen LogP) is 2.66. The maximum absolute atomic E-state index is 13.2. The summed E-state index contributed by atoms with van der Waals surface area (Å²) in [4.78, 5) is 16.2. The third-order valence-electron chi connectivity index (χ3n) is 5.14. The Bertz CT molecular complexity index is 1140. The van der Waals surface area contributed by atoms with E-state index in [1.807, 2.05) is 18.2 Å². The lowest BCUT2D eigenvalue weighted by molar-refractivity contribution is -0.286. The van der Waals surface area contributed by atoms with E-state index in [1.54, 1.807) is 11.0 Å². The van der Waals surface area contributed by atoms with Crippen molar-refractivity contribution in [1.29, 1.82) is 0 Å². The summed E-state index contributed by atoms with van der Waals surface area (Å²) in [5, 5.41) is 15.7. The third-order valence-corrected chi connectivity index (χ3v) is 5.14. The first-order chi connectivity index (χ1) is 15.9. The Morgan fingerprint density at radius 3 is 2.67 bits per heavy atom. The normalized spacial score (nSPS) is 17.1. The number of urea groups is 1. The summed E-state index contributed by atoms with van der Waals surface area (Å²) in [5.74, 6) is 0.946. The second kappa shape index (κ2) is 8.50. The second-order valence-electron chi connectivity index (χ2n) is 7.45. The molecule has 172 valence electrons. The highest BCUT2D eigenvalue weighted by Gasteiger charge is 2.43. The first-order valence-corrected chi connectivity index (χ1v) is 10.1. The van der Waals surface area contributed by atoms with Gasteiger partial charge in [0.1, 0.15) is 11.5 Å². The fraction of sp³-hybridized carbons (Fsp3) is 0.300. The van der Waals surface area contributed by atoms with Gasteiger partial charge in [-0.15, -0.1) is 13.9 Å². The summed E-state index contributed by atoms with van der Waals surface area (Å²) in [6, 6.07) is 11.5. The average Bonchev–Trinajstić information content (AvgIpc) is 3.40. The summed E-state index contributed by atoms with van der Waals surface area (Å²) in [7, 11) is 0. The van der Waals surface area contributed by atoms with Crippen molar-refractivity contribution < 1.29 is 27.8 Å². The number of carbonyl (C=O) groups excluding carboxylic acids is 1. The molecule has 1 aromatic heterocycles. The molecule has 0 radical (unpaired) electrons. The molecular weight excluding hydrogens is 440 g/mol. The number of benzene rings is 2. The predicted molar refractivity (Wildman–Crippen MR) is 109 cm³/mol. The average molecular weight is 459 g/mol. The van der Waals surface area contributed by atoms with Gasteiger partial charge in [-0.05, 0) is 35.0 Å². The van der Waals surface area contributed by atoms with Crippen LogP contribution < -0.4 is 19.5 Å². The van der Waals surface area contributed by atoms with Crippen molar-refractivity contribution in [3.8, 4) is 23.0 Å². The van der Waals surface area contributed by atoms with Gasteiger partial charge in [0.25, 0.3) is 5.95 Å². The topological polar surface area (TPSA) is 118 Å². The monoisotopic (exact) mass is 459 g/mol. The van der Waals surface area contributed by atoms with Gasteiger partial charge in [0.15, 0.2) is 11.5 Å². The van der Waals surface area contributed by atoms with E-state index in [-0.39, 0.29) is 23.5 Å². The minimum absolute atomic E-state index is 0.0359. The van der Waals surface area contributed by atoms with Gasteiger partial charge < -0.3 is 19.1 Å². The Labute approximate surface area is 186 Å². The third kappa shape index (κ3) is 4.92. The summed E-state index contributed by atoms with van der Waals surface area (Å²) in [6.45, 7) is 3.18. The summed E-state index contributed by atoms with van der Waals surface area (Å²) >= 11 is 0. The van der Waals surface area contributed by atoms with Crippen molar-refractivity contribution in [2.45, 2.75) is 12.8 Å². The zero-order valence-electron chi connectivity index (χ0n) is 17.2. The number of piperazine rings is 1. The van der Waals surface area contributed by atoms with Crippen molar-refractivity contribution in [1.82, 2.24) is 30.4 Å². The van der Waals surface area contributed by atoms with Crippen LogP contribution in [0.25, 0.3) is 0 Å². The number of hydrogen-bond acceptors (Lipinski definition) is 8. The molecule has 2 aliphatic heterocycles. The fourth-order valence-electron chi connectivity index (χ4n) is 3.59. The molecular formula is C20H19F2N7O4. The highest BCUT2D eigenvalue weighted by Crippen LogP contribution is 2.43. The number of halogens is 2. The van der Waals surface area contributed by atoms with Gasteiger partial charge in [-0.1, -0.05) is 17.2 Å². The van der Waals surface area contributed by atoms with Gasteiger partial charge in [-0.25, -0.2) is 4.79 Å². The minimum atomic E-state index is -3.67. The van der Waals surface area contributed by atoms with E-state index in [0.717, 1.165) is 5.56 Å². The minimum Gasteiger partial charge on any atom is -0.457 e. The highest BCUT2D eigenvalue weighted by atomic mass is 19.3. The number of hydrogen-bond donors (Lipinski definition) is 2. The quantitative estimate of drug-likeness (QED) is 0.598. The van der Waals surface area contributed by atoms with Crippen LogP contribution >= 0.6 is 0 Å². The van der Waals surface area contributed by atoms with Crippen LogP contribution in [0.15, 0.2) is 42.5 Å². The Morgan fingerprint density at radius 1 is 1.09 bits per heavy atom. The first kappa shape index (κ1) is 20.9. The number of nitrogens with zero attached hydrogens (tertiary/aromatic N) is 5. The molecule has 1 saturated heterocycles. The largest absolute Gasteiger partial charge is 0.586 e. The van der Waals surface area contributed by atoms with Crippen LogP contribution in [0.5, 0.6) is 23.0 Å². The summed E-state index contributed by atoms with van der Waals surface area (Å²) in [5.41, 5.74) is 1.02. The number of ether oxygens (including phenoxy) is 3.